The van der Waals surface area contributed by atoms with Gasteiger partial charge in [-0.2, -0.15) is 5.10 Å². The minimum absolute atomic E-state index is 0.0848. The maximum Gasteiger partial charge on any atom is 0.573 e. The molecule has 0 spiro atoms. The SMILES string of the molecule is Fc1ccc(-c2nncc(-c3cccc(OC(F)(F)F)c3)n2)c(F)c1. The summed E-state index contributed by atoms with van der Waals surface area (Å²) in [5.41, 5.74) is 0.334. The molecule has 0 N–H and O–H groups in total. The van der Waals surface area contributed by atoms with Crippen molar-refractivity contribution < 1.29 is 26.7 Å². The molecule has 3 aromatic rings. The van der Waals surface area contributed by atoms with Crippen LogP contribution >= 0.6 is 0 Å². The third-order valence-electron chi connectivity index (χ3n) is 3.09. The van der Waals surface area contributed by atoms with E-state index in [4.69, 9.17) is 0 Å². The Hall–Kier alpha value is -3.10. The maximum absolute atomic E-state index is 13.8. The smallest absolute Gasteiger partial charge is 0.406 e. The van der Waals surface area contributed by atoms with Crippen molar-refractivity contribution >= 4 is 0 Å². The van der Waals surface area contributed by atoms with E-state index in [9.17, 15) is 22.0 Å². The van der Waals surface area contributed by atoms with Gasteiger partial charge in [-0.3, -0.25) is 0 Å². The van der Waals surface area contributed by atoms with Crippen molar-refractivity contribution in [3.63, 3.8) is 0 Å². The molecule has 9 heteroatoms. The number of nitrogens with zero attached hydrogens (tertiary/aromatic N) is 3. The molecule has 0 aliphatic carbocycles. The number of aromatic nitrogens is 3. The Bertz CT molecular complexity index is 914. The molecule has 0 saturated carbocycles. The number of rotatable bonds is 3. The standard InChI is InChI=1S/C16H8F5N3O/c17-10-4-5-12(13(18)7-10)15-23-14(8-22-24-15)9-2-1-3-11(6-9)25-16(19,20)21/h1-8H. The van der Waals surface area contributed by atoms with Gasteiger partial charge in [-0.05, 0) is 24.3 Å². The summed E-state index contributed by atoms with van der Waals surface area (Å²) in [5, 5.41) is 7.34. The number of ether oxygens (including phenoxy) is 1. The van der Waals surface area contributed by atoms with Crippen LogP contribution in [0.25, 0.3) is 22.6 Å². The molecule has 4 nitrogen and oxygen atoms in total. The third-order valence-corrected chi connectivity index (χ3v) is 3.09. The highest BCUT2D eigenvalue weighted by Crippen LogP contribution is 2.28. The molecule has 0 saturated heterocycles. The van der Waals surface area contributed by atoms with Gasteiger partial charge in [-0.15, -0.1) is 18.3 Å². The minimum Gasteiger partial charge on any atom is -0.406 e. The van der Waals surface area contributed by atoms with Crippen molar-refractivity contribution in [2.45, 2.75) is 6.36 Å². The Morgan fingerprint density at radius 3 is 2.48 bits per heavy atom. The average molecular weight is 353 g/mol. The summed E-state index contributed by atoms with van der Waals surface area (Å²) >= 11 is 0. The second-order valence-corrected chi connectivity index (χ2v) is 4.87. The van der Waals surface area contributed by atoms with Crippen LogP contribution in [0.15, 0.2) is 48.7 Å². The molecule has 1 heterocycles. The lowest BCUT2D eigenvalue weighted by molar-refractivity contribution is -0.274. The van der Waals surface area contributed by atoms with Crippen LogP contribution in [0.3, 0.4) is 0 Å². The van der Waals surface area contributed by atoms with Crippen LogP contribution in [0.4, 0.5) is 22.0 Å². The van der Waals surface area contributed by atoms with E-state index >= 15 is 0 Å². The van der Waals surface area contributed by atoms with Gasteiger partial charge >= 0.3 is 6.36 Å². The zero-order valence-electron chi connectivity index (χ0n) is 12.3. The van der Waals surface area contributed by atoms with E-state index in [1.807, 2.05) is 0 Å². The molecule has 3 rings (SSSR count). The Morgan fingerprint density at radius 1 is 0.960 bits per heavy atom. The van der Waals surface area contributed by atoms with E-state index in [2.05, 4.69) is 19.9 Å². The molecule has 0 aliphatic heterocycles. The molecule has 0 aliphatic rings. The Kier molecular flexibility index (Phi) is 4.30. The van der Waals surface area contributed by atoms with Gasteiger partial charge in [0.2, 0.25) is 0 Å². The molecule has 0 unspecified atom stereocenters. The largest absolute Gasteiger partial charge is 0.573 e. The van der Waals surface area contributed by atoms with Crippen molar-refractivity contribution in [2.75, 3.05) is 0 Å². The van der Waals surface area contributed by atoms with Crippen LogP contribution in [0.1, 0.15) is 0 Å². The average Bonchev–Trinajstić information content (AvgIpc) is 2.53. The molecular weight excluding hydrogens is 345 g/mol. The second kappa shape index (κ2) is 6.42. The van der Waals surface area contributed by atoms with Gasteiger partial charge in [0.15, 0.2) is 5.82 Å². The first-order valence-corrected chi connectivity index (χ1v) is 6.83. The summed E-state index contributed by atoms with van der Waals surface area (Å²) in [7, 11) is 0. The lowest BCUT2D eigenvalue weighted by Gasteiger charge is -2.10. The fourth-order valence-corrected chi connectivity index (χ4v) is 2.08. The number of hydrogen-bond donors (Lipinski definition) is 0. The molecule has 128 valence electrons. The predicted molar refractivity (Wildman–Crippen MR) is 77.3 cm³/mol. The predicted octanol–water partition coefficient (Wildman–Crippen LogP) is 4.38. The van der Waals surface area contributed by atoms with Gasteiger partial charge in [-0.1, -0.05) is 12.1 Å². The highest BCUT2D eigenvalue weighted by atomic mass is 19.4. The highest BCUT2D eigenvalue weighted by Gasteiger charge is 2.31. The first kappa shape index (κ1) is 16.7. The van der Waals surface area contributed by atoms with Gasteiger partial charge in [0.1, 0.15) is 17.4 Å². The Balaban J connectivity index is 1.98. The summed E-state index contributed by atoms with van der Waals surface area (Å²) in [6.07, 6.45) is -3.62. The van der Waals surface area contributed by atoms with Gasteiger partial charge in [0, 0.05) is 11.6 Å². The van der Waals surface area contributed by atoms with Crippen molar-refractivity contribution in [2.24, 2.45) is 0 Å². The number of benzene rings is 2. The van der Waals surface area contributed by atoms with Crippen molar-refractivity contribution in [1.29, 1.82) is 0 Å². The molecule has 1 aromatic heterocycles. The highest BCUT2D eigenvalue weighted by molar-refractivity contribution is 5.64. The molecule has 0 bridgehead atoms. The van der Waals surface area contributed by atoms with Gasteiger partial charge in [0.25, 0.3) is 0 Å². The first-order valence-electron chi connectivity index (χ1n) is 6.83. The van der Waals surface area contributed by atoms with Crippen LogP contribution in [0.2, 0.25) is 0 Å². The molecule has 2 aromatic carbocycles. The van der Waals surface area contributed by atoms with Crippen molar-refractivity contribution in [3.05, 3.63) is 60.3 Å². The summed E-state index contributed by atoms with van der Waals surface area (Å²) in [6, 6.07) is 7.92. The summed E-state index contributed by atoms with van der Waals surface area (Å²) in [5.74, 6) is -2.20. The number of alkyl halides is 3. The van der Waals surface area contributed by atoms with E-state index < -0.39 is 23.7 Å². The molecule has 0 atom stereocenters. The molecular formula is C16H8F5N3O. The zero-order chi connectivity index (χ0) is 18.0. The number of halogens is 5. The lowest BCUT2D eigenvalue weighted by atomic mass is 10.1. The Labute approximate surface area is 137 Å². The maximum atomic E-state index is 13.8. The zero-order valence-corrected chi connectivity index (χ0v) is 12.3. The monoisotopic (exact) mass is 353 g/mol. The topological polar surface area (TPSA) is 47.9 Å². The van der Waals surface area contributed by atoms with Crippen LogP contribution < -0.4 is 4.74 Å². The quantitative estimate of drug-likeness (QED) is 0.656. The van der Waals surface area contributed by atoms with Gasteiger partial charge < -0.3 is 4.74 Å². The minimum atomic E-state index is -4.83. The van der Waals surface area contributed by atoms with E-state index in [1.165, 1.54) is 18.3 Å². The molecule has 0 amide bonds. The van der Waals surface area contributed by atoms with E-state index in [-0.39, 0.29) is 22.6 Å². The van der Waals surface area contributed by atoms with Crippen molar-refractivity contribution in [3.8, 4) is 28.4 Å². The van der Waals surface area contributed by atoms with E-state index in [1.54, 1.807) is 0 Å². The van der Waals surface area contributed by atoms with E-state index in [0.29, 0.717) is 6.07 Å². The second-order valence-electron chi connectivity index (χ2n) is 4.87. The molecule has 25 heavy (non-hydrogen) atoms. The van der Waals surface area contributed by atoms with Gasteiger partial charge in [0.05, 0.1) is 17.5 Å². The van der Waals surface area contributed by atoms with Gasteiger partial charge in [-0.25, -0.2) is 13.8 Å². The first-order chi connectivity index (χ1) is 11.8. The molecule has 0 fully saturated rings. The summed E-state index contributed by atoms with van der Waals surface area (Å²) in [6.45, 7) is 0. The lowest BCUT2D eigenvalue weighted by Crippen LogP contribution is -2.17. The van der Waals surface area contributed by atoms with Crippen LogP contribution in [-0.2, 0) is 0 Å². The third kappa shape index (κ3) is 4.06. The number of hydrogen-bond acceptors (Lipinski definition) is 4. The van der Waals surface area contributed by atoms with Crippen LogP contribution in [-0.4, -0.2) is 21.5 Å². The normalized spacial score (nSPS) is 11.4. The van der Waals surface area contributed by atoms with Crippen LogP contribution in [0, 0.1) is 11.6 Å². The fourth-order valence-electron chi connectivity index (χ4n) is 2.08. The molecule has 0 radical (unpaired) electrons. The van der Waals surface area contributed by atoms with E-state index in [0.717, 1.165) is 24.3 Å². The van der Waals surface area contributed by atoms with Crippen molar-refractivity contribution in [1.82, 2.24) is 15.2 Å². The summed E-state index contributed by atoms with van der Waals surface area (Å²) < 4.78 is 67.6. The Morgan fingerprint density at radius 2 is 1.76 bits per heavy atom. The summed E-state index contributed by atoms with van der Waals surface area (Å²) in [4.78, 5) is 4.07. The van der Waals surface area contributed by atoms with Crippen LogP contribution in [0.5, 0.6) is 5.75 Å². The fraction of sp³-hybridized carbons (Fsp3) is 0.0625.